The van der Waals surface area contributed by atoms with E-state index in [0.29, 0.717) is 25.9 Å². The molecule has 0 spiro atoms. The van der Waals surface area contributed by atoms with Gasteiger partial charge >= 0.3 is 0 Å². The maximum absolute atomic E-state index is 11.5. The Balaban J connectivity index is 2.59. The molecule has 90 valence electrons. The summed E-state index contributed by atoms with van der Waals surface area (Å²) in [5.41, 5.74) is 4.87. The zero-order valence-corrected chi connectivity index (χ0v) is 9.63. The van der Waals surface area contributed by atoms with Crippen molar-refractivity contribution >= 4 is 9.84 Å². The van der Waals surface area contributed by atoms with Crippen molar-refractivity contribution in [1.29, 1.82) is 0 Å². The van der Waals surface area contributed by atoms with Gasteiger partial charge in [0.1, 0.15) is 0 Å². The van der Waals surface area contributed by atoms with Crippen molar-refractivity contribution in [2.75, 3.05) is 31.3 Å². The summed E-state index contributed by atoms with van der Waals surface area (Å²) >= 11 is 0. The van der Waals surface area contributed by atoms with E-state index >= 15 is 0 Å². The summed E-state index contributed by atoms with van der Waals surface area (Å²) in [5, 5.41) is 8.63. The Bertz CT molecular complexity index is 290. The van der Waals surface area contributed by atoms with Gasteiger partial charge in [-0.15, -0.1) is 0 Å². The van der Waals surface area contributed by atoms with Crippen molar-refractivity contribution in [1.82, 2.24) is 0 Å². The van der Waals surface area contributed by atoms with Gasteiger partial charge in [-0.3, -0.25) is 0 Å². The number of aliphatic hydroxyl groups is 1. The molecular weight excluding hydrogens is 218 g/mol. The van der Waals surface area contributed by atoms with Gasteiger partial charge in [-0.2, -0.15) is 0 Å². The number of aliphatic hydroxyl groups excluding tert-OH is 1. The molecule has 0 aliphatic carbocycles. The molecule has 0 bridgehead atoms. The van der Waals surface area contributed by atoms with Crippen molar-refractivity contribution in [3.63, 3.8) is 0 Å². The smallest absolute Gasteiger partial charge is 0.153 e. The highest BCUT2D eigenvalue weighted by atomic mass is 32.2. The fraction of sp³-hybridized carbons (Fsp3) is 1.00. The van der Waals surface area contributed by atoms with Crippen LogP contribution in [0.5, 0.6) is 0 Å². The van der Waals surface area contributed by atoms with Crippen LogP contribution in [0.3, 0.4) is 0 Å². The number of ether oxygens (including phenoxy) is 1. The maximum atomic E-state index is 11.5. The third-order valence-electron chi connectivity index (χ3n) is 2.65. The molecule has 1 atom stereocenters. The Hall–Kier alpha value is -0.170. The van der Waals surface area contributed by atoms with E-state index in [1.54, 1.807) is 0 Å². The second kappa shape index (κ2) is 5.25. The van der Waals surface area contributed by atoms with Crippen LogP contribution in [0, 0.1) is 0 Å². The molecule has 0 aromatic rings. The molecule has 3 N–H and O–H groups in total. The SMILES string of the molecule is NCC1(OCCCO)CCCS(=O)(=O)C1. The average Bonchev–Trinajstić information content (AvgIpc) is 2.17. The third-order valence-corrected chi connectivity index (χ3v) is 4.53. The Morgan fingerprint density at radius 1 is 1.47 bits per heavy atom. The van der Waals surface area contributed by atoms with Crippen molar-refractivity contribution in [2.45, 2.75) is 24.9 Å². The summed E-state index contributed by atoms with van der Waals surface area (Å²) < 4.78 is 28.5. The molecule has 1 aliphatic rings. The van der Waals surface area contributed by atoms with Crippen LogP contribution in [0.4, 0.5) is 0 Å². The van der Waals surface area contributed by atoms with Gasteiger partial charge in [-0.1, -0.05) is 0 Å². The Labute approximate surface area is 90.5 Å². The summed E-state index contributed by atoms with van der Waals surface area (Å²) in [5.74, 6) is 0.250. The molecule has 1 unspecified atom stereocenters. The van der Waals surface area contributed by atoms with Crippen molar-refractivity contribution in [2.24, 2.45) is 5.73 Å². The summed E-state index contributed by atoms with van der Waals surface area (Å²) in [6.45, 7) is 0.633. The van der Waals surface area contributed by atoms with Crippen molar-refractivity contribution < 1.29 is 18.3 Å². The Kier molecular flexibility index (Phi) is 4.51. The molecular formula is C9H19NO4S. The number of sulfone groups is 1. The first-order chi connectivity index (χ1) is 7.04. The fourth-order valence-electron chi connectivity index (χ4n) is 1.85. The predicted octanol–water partition coefficient (Wildman–Crippen LogP) is -0.708. The lowest BCUT2D eigenvalue weighted by molar-refractivity contribution is -0.0353. The van der Waals surface area contributed by atoms with Gasteiger partial charge in [0.15, 0.2) is 9.84 Å². The van der Waals surface area contributed by atoms with Crippen LogP contribution in [0.25, 0.3) is 0 Å². The van der Waals surface area contributed by atoms with E-state index in [0.717, 1.165) is 0 Å². The minimum Gasteiger partial charge on any atom is -0.396 e. The first kappa shape index (κ1) is 12.9. The summed E-state index contributed by atoms with van der Waals surface area (Å²) in [6, 6.07) is 0. The Morgan fingerprint density at radius 2 is 2.20 bits per heavy atom. The van der Waals surface area contributed by atoms with Crippen LogP contribution >= 0.6 is 0 Å². The summed E-state index contributed by atoms with van der Waals surface area (Å²) in [4.78, 5) is 0. The van der Waals surface area contributed by atoms with Crippen LogP contribution in [0.2, 0.25) is 0 Å². The van der Waals surface area contributed by atoms with Gasteiger partial charge in [0, 0.05) is 19.8 Å². The lowest BCUT2D eigenvalue weighted by Gasteiger charge is -2.35. The van der Waals surface area contributed by atoms with Crippen molar-refractivity contribution in [3.05, 3.63) is 0 Å². The highest BCUT2D eigenvalue weighted by Gasteiger charge is 2.38. The molecule has 1 aliphatic heterocycles. The predicted molar refractivity (Wildman–Crippen MR) is 57.3 cm³/mol. The lowest BCUT2D eigenvalue weighted by Crippen LogP contribution is -2.50. The van der Waals surface area contributed by atoms with E-state index in [4.69, 9.17) is 15.6 Å². The van der Waals surface area contributed by atoms with E-state index in [1.807, 2.05) is 0 Å². The standard InChI is InChI=1S/C9H19NO4S/c10-7-9(14-5-2-4-11)3-1-6-15(12,13)8-9/h11H,1-8,10H2. The number of rotatable bonds is 5. The molecule has 0 aromatic carbocycles. The van der Waals surface area contributed by atoms with Crippen LogP contribution in [-0.2, 0) is 14.6 Å². The molecule has 1 rings (SSSR count). The molecule has 0 amide bonds. The first-order valence-corrected chi connectivity index (χ1v) is 7.01. The third kappa shape index (κ3) is 3.71. The van der Waals surface area contributed by atoms with Crippen molar-refractivity contribution in [3.8, 4) is 0 Å². The molecule has 5 nitrogen and oxygen atoms in total. The second-order valence-corrected chi connectivity index (χ2v) is 6.19. The molecule has 1 fully saturated rings. The Morgan fingerprint density at radius 3 is 2.73 bits per heavy atom. The van der Waals surface area contributed by atoms with Gasteiger partial charge in [-0.05, 0) is 19.3 Å². The summed E-state index contributed by atoms with van der Waals surface area (Å²) in [6.07, 6.45) is 1.81. The quantitative estimate of drug-likeness (QED) is 0.617. The number of hydrogen-bond donors (Lipinski definition) is 2. The van der Waals surface area contributed by atoms with E-state index in [1.165, 1.54) is 0 Å². The molecule has 1 saturated heterocycles. The maximum Gasteiger partial charge on any atom is 0.153 e. The van der Waals surface area contributed by atoms with Gasteiger partial charge in [-0.25, -0.2) is 8.42 Å². The molecule has 0 saturated carbocycles. The topological polar surface area (TPSA) is 89.6 Å². The van der Waals surface area contributed by atoms with E-state index in [2.05, 4.69) is 0 Å². The zero-order valence-electron chi connectivity index (χ0n) is 8.81. The normalized spacial score (nSPS) is 30.3. The number of nitrogens with two attached hydrogens (primary N) is 1. The first-order valence-electron chi connectivity index (χ1n) is 5.19. The van der Waals surface area contributed by atoms with Gasteiger partial charge in [0.2, 0.25) is 0 Å². The highest BCUT2D eigenvalue weighted by Crippen LogP contribution is 2.25. The van der Waals surface area contributed by atoms with Crippen LogP contribution < -0.4 is 5.73 Å². The number of hydrogen-bond acceptors (Lipinski definition) is 5. The van der Waals surface area contributed by atoms with E-state index < -0.39 is 15.4 Å². The monoisotopic (exact) mass is 237 g/mol. The highest BCUT2D eigenvalue weighted by molar-refractivity contribution is 7.91. The zero-order chi connectivity index (χ0) is 11.4. The fourth-order valence-corrected chi connectivity index (χ4v) is 3.72. The minimum atomic E-state index is -3.01. The van der Waals surface area contributed by atoms with Crippen LogP contribution in [0.15, 0.2) is 0 Å². The largest absolute Gasteiger partial charge is 0.396 e. The van der Waals surface area contributed by atoms with Gasteiger partial charge in [0.05, 0.1) is 17.1 Å². The van der Waals surface area contributed by atoms with E-state index in [-0.39, 0.29) is 24.7 Å². The van der Waals surface area contributed by atoms with Gasteiger partial charge < -0.3 is 15.6 Å². The van der Waals surface area contributed by atoms with Gasteiger partial charge in [0.25, 0.3) is 0 Å². The van der Waals surface area contributed by atoms with Crippen LogP contribution in [0.1, 0.15) is 19.3 Å². The molecule has 0 aromatic heterocycles. The molecule has 6 heteroatoms. The average molecular weight is 237 g/mol. The molecule has 15 heavy (non-hydrogen) atoms. The molecule has 1 heterocycles. The lowest BCUT2D eigenvalue weighted by atomic mass is 10.00. The summed E-state index contributed by atoms with van der Waals surface area (Å²) in [7, 11) is -3.01. The minimum absolute atomic E-state index is 0.0158. The molecule has 0 radical (unpaired) electrons. The van der Waals surface area contributed by atoms with E-state index in [9.17, 15) is 8.42 Å². The van der Waals surface area contributed by atoms with Crippen LogP contribution in [-0.4, -0.2) is 50.4 Å². The second-order valence-electron chi connectivity index (χ2n) is 4.01.